The second-order valence-electron chi connectivity index (χ2n) is 9.62. The second-order valence-corrected chi connectivity index (χ2v) is 9.62. The molecule has 0 saturated heterocycles. The Hall–Kier alpha value is -0.830. The summed E-state index contributed by atoms with van der Waals surface area (Å²) < 4.78 is 0. The molecule has 4 aliphatic carbocycles. The first-order valence-electron chi connectivity index (χ1n) is 9.30. The van der Waals surface area contributed by atoms with E-state index in [9.17, 15) is 15.0 Å². The molecule has 2 N–H and O–H groups in total. The zero-order chi connectivity index (χ0) is 16.7. The van der Waals surface area contributed by atoms with Crippen LogP contribution in [0.2, 0.25) is 0 Å². The van der Waals surface area contributed by atoms with Gasteiger partial charge in [0.2, 0.25) is 0 Å². The van der Waals surface area contributed by atoms with Gasteiger partial charge < -0.3 is 10.2 Å². The highest BCUT2D eigenvalue weighted by atomic mass is 16.4. The predicted molar refractivity (Wildman–Crippen MR) is 88.9 cm³/mol. The van der Waals surface area contributed by atoms with Crippen LogP contribution < -0.4 is 0 Å². The highest BCUT2D eigenvalue weighted by Crippen LogP contribution is 2.72. The van der Waals surface area contributed by atoms with Gasteiger partial charge in [-0.05, 0) is 86.5 Å². The number of carboxylic acid groups (broad SMARTS) is 1. The maximum atomic E-state index is 12.0. The molecule has 4 fully saturated rings. The minimum Gasteiger partial charge on any atom is -0.481 e. The van der Waals surface area contributed by atoms with Crippen LogP contribution in [0.3, 0.4) is 0 Å². The first-order valence-corrected chi connectivity index (χ1v) is 9.30. The first-order chi connectivity index (χ1) is 10.7. The Morgan fingerprint density at radius 2 is 1.83 bits per heavy atom. The summed E-state index contributed by atoms with van der Waals surface area (Å²) in [5, 5.41) is 20.8. The van der Waals surface area contributed by atoms with Crippen LogP contribution in [0.15, 0.2) is 12.2 Å². The van der Waals surface area contributed by atoms with Crippen molar-refractivity contribution in [3.8, 4) is 0 Å². The Morgan fingerprint density at radius 3 is 2.52 bits per heavy atom. The van der Waals surface area contributed by atoms with Gasteiger partial charge in [-0.25, -0.2) is 0 Å². The van der Waals surface area contributed by atoms with Crippen molar-refractivity contribution in [1.82, 2.24) is 0 Å². The topological polar surface area (TPSA) is 57.5 Å². The van der Waals surface area contributed by atoms with Crippen LogP contribution >= 0.6 is 0 Å². The molecular weight excluding hydrogens is 288 g/mol. The normalized spacial score (nSPS) is 55.2. The van der Waals surface area contributed by atoms with Crippen LogP contribution in [-0.2, 0) is 4.79 Å². The summed E-state index contributed by atoms with van der Waals surface area (Å²) in [6.07, 6.45) is 8.75. The summed E-state index contributed by atoms with van der Waals surface area (Å²) >= 11 is 0. The molecule has 0 aliphatic heterocycles. The van der Waals surface area contributed by atoms with Gasteiger partial charge in [0.25, 0.3) is 0 Å². The molecule has 0 aromatic carbocycles. The third-order valence-corrected chi connectivity index (χ3v) is 8.65. The summed E-state index contributed by atoms with van der Waals surface area (Å²) in [5.74, 6) is 0.219. The molecule has 3 heteroatoms. The van der Waals surface area contributed by atoms with Gasteiger partial charge >= 0.3 is 5.97 Å². The van der Waals surface area contributed by atoms with Gasteiger partial charge in [0.15, 0.2) is 0 Å². The first kappa shape index (κ1) is 15.7. The second kappa shape index (κ2) is 4.41. The van der Waals surface area contributed by atoms with Crippen LogP contribution in [0, 0.1) is 28.1 Å². The minimum absolute atomic E-state index is 0.107. The van der Waals surface area contributed by atoms with E-state index in [1.165, 1.54) is 0 Å². The van der Waals surface area contributed by atoms with Gasteiger partial charge in [-0.3, -0.25) is 4.79 Å². The molecule has 4 aliphatic rings. The van der Waals surface area contributed by atoms with E-state index in [0.29, 0.717) is 5.92 Å². The molecule has 4 rings (SSSR count). The van der Waals surface area contributed by atoms with Crippen molar-refractivity contribution in [2.45, 2.75) is 77.2 Å². The molecule has 0 aromatic rings. The Bertz CT molecular complexity index is 583. The number of carboxylic acids is 1. The third-order valence-electron chi connectivity index (χ3n) is 8.65. The average molecular weight is 318 g/mol. The van der Waals surface area contributed by atoms with E-state index in [4.69, 9.17) is 0 Å². The number of aliphatic carboxylic acids is 1. The van der Waals surface area contributed by atoms with Crippen molar-refractivity contribution in [2.75, 3.05) is 0 Å². The SMILES string of the molecule is C=C1C[C@@]23CC[C@@H]4C(C)(C(=O)O)CCCC4(C)C2CCC1(O)C3. The Balaban J connectivity index is 1.76. The number of hydrogen-bond donors (Lipinski definition) is 2. The zero-order valence-corrected chi connectivity index (χ0v) is 14.5. The molecule has 0 amide bonds. The highest BCUT2D eigenvalue weighted by molar-refractivity contribution is 5.75. The van der Waals surface area contributed by atoms with E-state index >= 15 is 0 Å². The van der Waals surface area contributed by atoms with Crippen molar-refractivity contribution in [3.63, 3.8) is 0 Å². The highest BCUT2D eigenvalue weighted by Gasteiger charge is 2.67. The minimum atomic E-state index is -0.634. The summed E-state index contributed by atoms with van der Waals surface area (Å²) in [6, 6.07) is 0. The molecule has 4 unspecified atom stereocenters. The maximum absolute atomic E-state index is 12.0. The lowest BCUT2D eigenvalue weighted by Gasteiger charge is -2.63. The van der Waals surface area contributed by atoms with Gasteiger partial charge in [-0.1, -0.05) is 19.9 Å². The van der Waals surface area contributed by atoms with E-state index in [0.717, 1.165) is 63.4 Å². The molecular formula is C20H30O3. The number of rotatable bonds is 1. The Morgan fingerprint density at radius 1 is 1.13 bits per heavy atom. The fourth-order valence-corrected chi connectivity index (χ4v) is 7.61. The van der Waals surface area contributed by atoms with Crippen LogP contribution in [0.5, 0.6) is 0 Å². The van der Waals surface area contributed by atoms with E-state index in [-0.39, 0.29) is 16.7 Å². The zero-order valence-electron chi connectivity index (χ0n) is 14.5. The largest absolute Gasteiger partial charge is 0.481 e. The van der Waals surface area contributed by atoms with Gasteiger partial charge in [0, 0.05) is 0 Å². The van der Waals surface area contributed by atoms with Crippen LogP contribution in [0.1, 0.15) is 71.6 Å². The number of carbonyl (C=O) groups is 1. The van der Waals surface area contributed by atoms with E-state index in [1.807, 2.05) is 6.92 Å². The predicted octanol–water partition coefficient (Wildman–Crippen LogP) is 4.16. The lowest BCUT2D eigenvalue weighted by Crippen LogP contribution is -2.59. The van der Waals surface area contributed by atoms with Crippen LogP contribution in [-0.4, -0.2) is 21.8 Å². The summed E-state index contributed by atoms with van der Waals surface area (Å²) in [5.41, 5.74) is 0.128. The van der Waals surface area contributed by atoms with E-state index in [2.05, 4.69) is 13.5 Å². The number of aliphatic hydroxyl groups is 1. The Kier molecular flexibility index (Phi) is 3.01. The third kappa shape index (κ3) is 1.78. The molecule has 128 valence electrons. The van der Waals surface area contributed by atoms with E-state index in [1.54, 1.807) is 0 Å². The lowest BCUT2D eigenvalue weighted by molar-refractivity contribution is -0.186. The molecule has 0 radical (unpaired) electrons. The maximum Gasteiger partial charge on any atom is 0.309 e. The van der Waals surface area contributed by atoms with Crippen molar-refractivity contribution >= 4 is 5.97 Å². The smallest absolute Gasteiger partial charge is 0.309 e. The van der Waals surface area contributed by atoms with Gasteiger partial charge in [-0.2, -0.15) is 0 Å². The summed E-state index contributed by atoms with van der Waals surface area (Å²) in [6.45, 7) is 8.55. The van der Waals surface area contributed by atoms with Gasteiger partial charge in [0.05, 0.1) is 11.0 Å². The van der Waals surface area contributed by atoms with Crippen molar-refractivity contribution < 1.29 is 15.0 Å². The van der Waals surface area contributed by atoms with Gasteiger partial charge in [0.1, 0.15) is 0 Å². The molecule has 0 heterocycles. The quantitative estimate of drug-likeness (QED) is 0.714. The molecule has 4 saturated carbocycles. The lowest BCUT2D eigenvalue weighted by atomic mass is 9.41. The number of hydrogen-bond acceptors (Lipinski definition) is 2. The summed E-state index contributed by atoms with van der Waals surface area (Å²) in [7, 11) is 0. The standard InChI is InChI=1S/C20H30O3/c1-13-11-19-9-5-14-17(2,7-4-8-18(14,3)16(21)22)15(19)6-10-20(13,23)12-19/h14-15,23H,1,4-12H2,2-3H3,(H,21,22)/t14-,15?,17?,18?,19+,20?/m0/s1. The molecule has 0 aromatic heterocycles. The fraction of sp³-hybridized carbons (Fsp3) is 0.850. The molecule has 1 spiro atoms. The van der Waals surface area contributed by atoms with Crippen molar-refractivity contribution in [3.05, 3.63) is 12.2 Å². The average Bonchev–Trinajstić information content (AvgIpc) is 2.63. The Labute approximate surface area is 139 Å². The molecule has 6 atom stereocenters. The van der Waals surface area contributed by atoms with Crippen molar-refractivity contribution in [1.29, 1.82) is 0 Å². The monoisotopic (exact) mass is 318 g/mol. The van der Waals surface area contributed by atoms with Crippen molar-refractivity contribution in [2.24, 2.45) is 28.1 Å². The van der Waals surface area contributed by atoms with Crippen LogP contribution in [0.4, 0.5) is 0 Å². The van der Waals surface area contributed by atoms with E-state index < -0.39 is 17.0 Å². The summed E-state index contributed by atoms with van der Waals surface area (Å²) in [4.78, 5) is 12.0. The molecule has 2 bridgehead atoms. The molecule has 3 nitrogen and oxygen atoms in total. The van der Waals surface area contributed by atoms with Crippen LogP contribution in [0.25, 0.3) is 0 Å². The molecule has 23 heavy (non-hydrogen) atoms. The fourth-order valence-electron chi connectivity index (χ4n) is 7.61. The van der Waals surface area contributed by atoms with Gasteiger partial charge in [-0.15, -0.1) is 0 Å². The number of fused-ring (bicyclic) bond motifs is 3.